The minimum atomic E-state index is -0.577. The third-order valence-corrected chi connectivity index (χ3v) is 9.25. The van der Waals surface area contributed by atoms with Crippen molar-refractivity contribution >= 4 is 11.7 Å². The van der Waals surface area contributed by atoms with Crippen molar-refractivity contribution in [2.24, 2.45) is 17.8 Å². The first-order chi connectivity index (χ1) is 25.3. The Bertz CT molecular complexity index is 1540. The molecule has 0 bridgehead atoms. The molecule has 2 rings (SSSR count). The summed E-state index contributed by atoms with van der Waals surface area (Å²) >= 11 is 0. The topological polar surface area (TPSA) is 134 Å². The number of benzene rings is 2. The Morgan fingerprint density at radius 3 is 2.06 bits per heavy atom. The lowest BCUT2D eigenvalue weighted by molar-refractivity contribution is -0.385. The highest BCUT2D eigenvalue weighted by atomic mass is 16.6. The van der Waals surface area contributed by atoms with Crippen LogP contribution in [0.4, 0.5) is 5.69 Å². The number of esters is 1. The molecule has 0 radical (unpaired) electrons. The number of carbonyl (C=O) groups is 1. The van der Waals surface area contributed by atoms with Crippen LogP contribution in [0.1, 0.15) is 65.2 Å². The Labute approximate surface area is 315 Å². The number of hydrogen-bond acceptors (Lipinski definition) is 11. The van der Waals surface area contributed by atoms with Gasteiger partial charge in [-0.05, 0) is 62.4 Å². The Morgan fingerprint density at radius 2 is 1.53 bits per heavy atom. The van der Waals surface area contributed by atoms with Gasteiger partial charge in [0.25, 0.3) is 0 Å². The number of carbonyl (C=O) groups excluding carboxylic acids is 1. The first kappa shape index (κ1) is 44.9. The standard InChI is InChI=1S/C41H59NO11/c1-13-52-41(43)27(3)16-14-15-26(2)37(53-25-31-17-19-32(46-7)20-18-31)28(4)21-29(5)39(50-11)36(48-9)22-30(6)38(49-10)34-23-33(47-8)24-35(42(44)45)40(34)51-12/h14-21,23-24,26,29-30,36-39H,13,22,25H2,1-12H3/b15-14-,27-16+,28-21+/t26-,29-,30-,36-,37+,38+,39+/m0/s1. The molecule has 0 aliphatic rings. The second kappa shape index (κ2) is 22.8. The third kappa shape index (κ3) is 13.0. The van der Waals surface area contributed by atoms with Gasteiger partial charge in [-0.2, -0.15) is 0 Å². The van der Waals surface area contributed by atoms with Crippen LogP contribution in [0.2, 0.25) is 0 Å². The normalized spacial score (nSPS) is 16.3. The van der Waals surface area contributed by atoms with Crippen LogP contribution in [0.3, 0.4) is 0 Å². The fraction of sp³-hybridized carbons (Fsp3) is 0.537. The van der Waals surface area contributed by atoms with E-state index >= 15 is 0 Å². The van der Waals surface area contributed by atoms with Crippen LogP contribution < -0.4 is 14.2 Å². The molecule has 0 N–H and O–H groups in total. The van der Waals surface area contributed by atoms with Gasteiger partial charge in [-0.1, -0.05) is 57.2 Å². The summed E-state index contributed by atoms with van der Waals surface area (Å²) in [6.45, 7) is 12.4. The van der Waals surface area contributed by atoms with E-state index in [4.69, 9.17) is 37.9 Å². The molecule has 12 heteroatoms. The van der Waals surface area contributed by atoms with Gasteiger partial charge in [0.05, 0.1) is 69.9 Å². The molecule has 12 nitrogen and oxygen atoms in total. The first-order valence-corrected chi connectivity index (χ1v) is 17.7. The van der Waals surface area contributed by atoms with Crippen molar-refractivity contribution in [1.82, 2.24) is 0 Å². The summed E-state index contributed by atoms with van der Waals surface area (Å²) in [5.41, 5.74) is 2.81. The van der Waals surface area contributed by atoms with E-state index < -0.39 is 11.0 Å². The molecular weight excluding hydrogens is 682 g/mol. The molecule has 7 atom stereocenters. The quantitative estimate of drug-likeness (QED) is 0.0272. The highest BCUT2D eigenvalue weighted by Gasteiger charge is 2.34. The van der Waals surface area contributed by atoms with E-state index in [2.05, 4.69) is 19.9 Å². The number of allylic oxidation sites excluding steroid dienone is 2. The average Bonchev–Trinajstić information content (AvgIpc) is 3.14. The number of nitro benzene ring substituents is 1. The highest BCUT2D eigenvalue weighted by Crippen LogP contribution is 2.43. The molecule has 0 aliphatic heterocycles. The minimum Gasteiger partial charge on any atom is -0.497 e. The molecule has 0 amide bonds. The van der Waals surface area contributed by atoms with Crippen LogP contribution in [0.5, 0.6) is 17.2 Å². The highest BCUT2D eigenvalue weighted by molar-refractivity contribution is 5.88. The molecule has 53 heavy (non-hydrogen) atoms. The monoisotopic (exact) mass is 741 g/mol. The number of ether oxygens (including phenoxy) is 8. The molecule has 0 saturated heterocycles. The van der Waals surface area contributed by atoms with Gasteiger partial charge in [-0.15, -0.1) is 0 Å². The van der Waals surface area contributed by atoms with E-state index in [1.165, 1.54) is 20.3 Å². The first-order valence-electron chi connectivity index (χ1n) is 17.7. The van der Waals surface area contributed by atoms with Crippen molar-refractivity contribution in [2.75, 3.05) is 49.3 Å². The zero-order chi connectivity index (χ0) is 39.7. The second-order valence-corrected chi connectivity index (χ2v) is 13.0. The Morgan fingerprint density at radius 1 is 0.868 bits per heavy atom. The molecule has 2 aromatic carbocycles. The summed E-state index contributed by atoms with van der Waals surface area (Å²) in [6, 6.07) is 10.8. The maximum atomic E-state index is 12.1. The summed E-state index contributed by atoms with van der Waals surface area (Å²) in [5.74, 6) is 0.504. The molecule has 0 aromatic heterocycles. The number of nitro groups is 1. The summed E-state index contributed by atoms with van der Waals surface area (Å²) in [5, 5.41) is 11.9. The van der Waals surface area contributed by atoms with Crippen LogP contribution in [-0.4, -0.2) is 78.5 Å². The lowest BCUT2D eigenvalue weighted by atomic mass is 9.86. The van der Waals surface area contributed by atoms with Crippen molar-refractivity contribution in [3.05, 3.63) is 93.1 Å². The van der Waals surface area contributed by atoms with Crippen molar-refractivity contribution in [2.45, 2.75) is 79.0 Å². The van der Waals surface area contributed by atoms with Gasteiger partial charge in [0, 0.05) is 44.3 Å². The fourth-order valence-electron chi connectivity index (χ4n) is 6.52. The molecule has 0 aliphatic carbocycles. The zero-order valence-corrected chi connectivity index (χ0v) is 33.4. The van der Waals surface area contributed by atoms with Crippen LogP contribution >= 0.6 is 0 Å². The molecule has 0 unspecified atom stereocenters. The lowest BCUT2D eigenvalue weighted by Crippen LogP contribution is -2.37. The molecule has 294 valence electrons. The Balaban J connectivity index is 2.40. The maximum Gasteiger partial charge on any atom is 0.333 e. The van der Waals surface area contributed by atoms with Gasteiger partial charge in [-0.3, -0.25) is 10.1 Å². The van der Waals surface area contributed by atoms with Gasteiger partial charge in [0.15, 0.2) is 0 Å². The van der Waals surface area contributed by atoms with E-state index in [9.17, 15) is 14.9 Å². The van der Waals surface area contributed by atoms with Crippen LogP contribution in [-0.2, 0) is 35.1 Å². The minimum absolute atomic E-state index is 0.0634. The lowest BCUT2D eigenvalue weighted by Gasteiger charge is -2.33. The van der Waals surface area contributed by atoms with E-state index in [-0.39, 0.29) is 53.5 Å². The van der Waals surface area contributed by atoms with E-state index in [1.807, 2.05) is 50.3 Å². The molecule has 0 saturated carbocycles. The average molecular weight is 742 g/mol. The van der Waals surface area contributed by atoms with Crippen LogP contribution in [0.25, 0.3) is 0 Å². The molecule has 0 fully saturated rings. The number of nitrogens with zero attached hydrogens (tertiary/aromatic N) is 1. The maximum absolute atomic E-state index is 12.1. The van der Waals surface area contributed by atoms with Gasteiger partial charge in [-0.25, -0.2) is 4.79 Å². The van der Waals surface area contributed by atoms with Gasteiger partial charge in [0.2, 0.25) is 5.75 Å². The van der Waals surface area contributed by atoms with E-state index in [0.29, 0.717) is 36.5 Å². The van der Waals surface area contributed by atoms with Gasteiger partial charge >= 0.3 is 11.7 Å². The zero-order valence-electron chi connectivity index (χ0n) is 33.4. The van der Waals surface area contributed by atoms with Crippen molar-refractivity contribution in [3.8, 4) is 17.2 Å². The Kier molecular flexibility index (Phi) is 19.3. The third-order valence-electron chi connectivity index (χ3n) is 9.25. The van der Waals surface area contributed by atoms with Crippen molar-refractivity contribution in [3.63, 3.8) is 0 Å². The van der Waals surface area contributed by atoms with Gasteiger partial charge < -0.3 is 37.9 Å². The smallest absolute Gasteiger partial charge is 0.333 e. The predicted octanol–water partition coefficient (Wildman–Crippen LogP) is 8.23. The summed E-state index contributed by atoms with van der Waals surface area (Å²) in [4.78, 5) is 23.5. The molecule has 0 spiro atoms. The SMILES string of the molecule is CCOC(=O)/C(C)=C/C=C\[C@H](C)[C@@H](OCc1ccc(OC)cc1)/C(C)=C/[C@H](C)[C@@H](OC)[C@H](C[C@H](C)[C@@H](OC)c1cc(OC)cc([N+](=O)[O-])c1OC)OC. The summed E-state index contributed by atoms with van der Waals surface area (Å²) in [6.07, 6.45) is 6.65. The molecule has 0 heterocycles. The predicted molar refractivity (Wildman–Crippen MR) is 205 cm³/mol. The number of rotatable bonds is 23. The van der Waals surface area contributed by atoms with E-state index in [0.717, 1.165) is 16.9 Å². The fourth-order valence-corrected chi connectivity index (χ4v) is 6.52. The second-order valence-electron chi connectivity index (χ2n) is 13.0. The van der Waals surface area contributed by atoms with Gasteiger partial charge in [0.1, 0.15) is 11.5 Å². The largest absolute Gasteiger partial charge is 0.497 e. The summed E-state index contributed by atoms with van der Waals surface area (Å²) in [7, 11) is 9.35. The van der Waals surface area contributed by atoms with Crippen LogP contribution in [0.15, 0.2) is 71.8 Å². The van der Waals surface area contributed by atoms with E-state index in [1.54, 1.807) is 54.4 Å². The van der Waals surface area contributed by atoms with Crippen molar-refractivity contribution in [1.29, 1.82) is 0 Å². The van der Waals surface area contributed by atoms with Crippen molar-refractivity contribution < 1.29 is 47.6 Å². The van der Waals surface area contributed by atoms with Crippen LogP contribution in [0, 0.1) is 27.9 Å². The molecular formula is C41H59NO11. The summed E-state index contributed by atoms with van der Waals surface area (Å²) < 4.78 is 45.9. The Hall–Kier alpha value is -4.23. The number of methoxy groups -OCH3 is 6. The molecule has 2 aromatic rings. The number of hydrogen-bond donors (Lipinski definition) is 0.